The summed E-state index contributed by atoms with van der Waals surface area (Å²) < 4.78 is 0. The molecule has 0 saturated carbocycles. The summed E-state index contributed by atoms with van der Waals surface area (Å²) in [6.45, 7) is 2.42. The Morgan fingerprint density at radius 3 is 1.54 bits per heavy atom. The molecule has 0 heterocycles. The van der Waals surface area contributed by atoms with Gasteiger partial charge in [0.15, 0.2) is 0 Å². The van der Waals surface area contributed by atoms with E-state index >= 15 is 0 Å². The van der Waals surface area contributed by atoms with Crippen LogP contribution in [0.25, 0.3) is 0 Å². The molecule has 24 heavy (non-hydrogen) atoms. The summed E-state index contributed by atoms with van der Waals surface area (Å²) in [6.07, 6.45) is 0. The van der Waals surface area contributed by atoms with E-state index in [1.807, 2.05) is 30.3 Å². The van der Waals surface area contributed by atoms with Crippen LogP contribution in [0.5, 0.6) is 0 Å². The Hall–Kier alpha value is -2.20. The third kappa shape index (κ3) is 3.06. The van der Waals surface area contributed by atoms with Gasteiger partial charge >= 0.3 is 0 Å². The third-order valence-corrected chi connectivity index (χ3v) is 9.14. The Kier molecular flexibility index (Phi) is 4.95. The zero-order valence-electron chi connectivity index (χ0n) is 13.8. The molecule has 0 atom stereocenters. The maximum Gasteiger partial charge on any atom is 0.145 e. The fraction of sp³-hybridized carbons (Fsp3) is 0.143. The SMILES string of the molecule is C[Si](c1ccccc1)(c1cccc(CO)c1)c1cccc(CO)c1. The lowest BCUT2D eigenvalue weighted by Gasteiger charge is -2.30. The van der Waals surface area contributed by atoms with Crippen molar-refractivity contribution < 1.29 is 10.2 Å². The van der Waals surface area contributed by atoms with Crippen molar-refractivity contribution >= 4 is 23.6 Å². The van der Waals surface area contributed by atoms with Crippen LogP contribution in [0.15, 0.2) is 78.9 Å². The second-order valence-corrected chi connectivity index (χ2v) is 10.2. The van der Waals surface area contributed by atoms with Crippen molar-refractivity contribution in [2.24, 2.45) is 0 Å². The van der Waals surface area contributed by atoms with Crippen molar-refractivity contribution in [3.63, 3.8) is 0 Å². The van der Waals surface area contributed by atoms with Crippen molar-refractivity contribution in [3.05, 3.63) is 90.0 Å². The normalized spacial score (nSPS) is 11.5. The molecule has 0 saturated heterocycles. The second kappa shape index (κ2) is 7.14. The smallest absolute Gasteiger partial charge is 0.145 e. The van der Waals surface area contributed by atoms with Crippen molar-refractivity contribution in [1.29, 1.82) is 0 Å². The predicted molar refractivity (Wildman–Crippen MR) is 102 cm³/mol. The van der Waals surface area contributed by atoms with E-state index in [1.54, 1.807) is 0 Å². The van der Waals surface area contributed by atoms with Gasteiger partial charge < -0.3 is 10.2 Å². The molecule has 0 aliphatic heterocycles. The topological polar surface area (TPSA) is 40.5 Å². The largest absolute Gasteiger partial charge is 0.392 e. The molecule has 3 aromatic rings. The lowest BCUT2D eigenvalue weighted by Crippen LogP contribution is -2.64. The highest BCUT2D eigenvalue weighted by Crippen LogP contribution is 2.10. The fourth-order valence-corrected chi connectivity index (χ4v) is 6.90. The van der Waals surface area contributed by atoms with Crippen LogP contribution in [0.1, 0.15) is 11.1 Å². The average Bonchev–Trinajstić information content (AvgIpc) is 2.68. The summed E-state index contributed by atoms with van der Waals surface area (Å²) >= 11 is 0. The van der Waals surface area contributed by atoms with Crippen LogP contribution in [0.2, 0.25) is 6.55 Å². The van der Waals surface area contributed by atoms with Gasteiger partial charge in [0.1, 0.15) is 8.07 Å². The molecule has 2 nitrogen and oxygen atoms in total. The summed E-state index contributed by atoms with van der Waals surface area (Å²) in [5.74, 6) is 0. The number of rotatable bonds is 5. The minimum absolute atomic E-state index is 0.0454. The minimum atomic E-state index is -2.20. The summed E-state index contributed by atoms with van der Waals surface area (Å²) in [5.41, 5.74) is 1.86. The lowest BCUT2D eigenvalue weighted by molar-refractivity contribution is 0.281. The highest BCUT2D eigenvalue weighted by molar-refractivity contribution is 7.10. The Morgan fingerprint density at radius 2 is 1.08 bits per heavy atom. The van der Waals surface area contributed by atoms with Gasteiger partial charge in [-0.3, -0.25) is 0 Å². The zero-order chi connectivity index (χ0) is 17.0. The predicted octanol–water partition coefficient (Wildman–Crippen LogP) is 1.77. The molecule has 0 aliphatic rings. The van der Waals surface area contributed by atoms with Gasteiger partial charge in [-0.1, -0.05) is 85.4 Å². The number of aliphatic hydroxyl groups excluding tert-OH is 2. The van der Waals surface area contributed by atoms with E-state index in [9.17, 15) is 10.2 Å². The number of hydrogen-bond donors (Lipinski definition) is 2. The van der Waals surface area contributed by atoms with E-state index in [2.05, 4.69) is 55.1 Å². The molecule has 0 aliphatic carbocycles. The maximum atomic E-state index is 9.53. The van der Waals surface area contributed by atoms with Crippen LogP contribution in [-0.4, -0.2) is 18.3 Å². The molecule has 0 radical (unpaired) electrons. The van der Waals surface area contributed by atoms with Crippen molar-refractivity contribution in [3.8, 4) is 0 Å². The van der Waals surface area contributed by atoms with Gasteiger partial charge in [0.05, 0.1) is 13.2 Å². The van der Waals surface area contributed by atoms with Gasteiger partial charge in [0, 0.05) is 0 Å². The fourth-order valence-electron chi connectivity index (χ4n) is 3.23. The summed E-state index contributed by atoms with van der Waals surface area (Å²) in [7, 11) is -2.20. The first kappa shape index (κ1) is 16.6. The van der Waals surface area contributed by atoms with Gasteiger partial charge in [-0.25, -0.2) is 0 Å². The molecule has 0 spiro atoms. The zero-order valence-corrected chi connectivity index (χ0v) is 14.8. The number of aliphatic hydroxyl groups is 2. The molecule has 3 aromatic carbocycles. The molecule has 3 heteroatoms. The van der Waals surface area contributed by atoms with E-state index in [-0.39, 0.29) is 13.2 Å². The molecule has 0 fully saturated rings. The third-order valence-electron chi connectivity index (χ3n) is 4.72. The molecule has 0 unspecified atom stereocenters. The first-order valence-electron chi connectivity index (χ1n) is 8.14. The van der Waals surface area contributed by atoms with Crippen LogP contribution >= 0.6 is 0 Å². The first-order chi connectivity index (χ1) is 11.7. The second-order valence-electron chi connectivity index (χ2n) is 6.21. The highest BCUT2D eigenvalue weighted by Gasteiger charge is 2.34. The quantitative estimate of drug-likeness (QED) is 0.551. The van der Waals surface area contributed by atoms with Crippen molar-refractivity contribution in [2.75, 3.05) is 0 Å². The lowest BCUT2D eigenvalue weighted by atomic mass is 10.2. The van der Waals surface area contributed by atoms with Crippen molar-refractivity contribution in [1.82, 2.24) is 0 Å². The first-order valence-corrected chi connectivity index (χ1v) is 10.6. The van der Waals surface area contributed by atoms with E-state index < -0.39 is 8.07 Å². The van der Waals surface area contributed by atoms with Crippen LogP contribution in [-0.2, 0) is 13.2 Å². The number of benzene rings is 3. The standard InChI is InChI=1S/C21H22O2Si/c1-24(19-9-3-2-4-10-19,20-11-5-7-17(13-20)15-22)21-12-6-8-18(14-21)16-23/h2-14,22-23H,15-16H2,1H3. The summed E-state index contributed by atoms with van der Waals surface area (Å²) in [6, 6.07) is 27.0. The minimum Gasteiger partial charge on any atom is -0.392 e. The van der Waals surface area contributed by atoms with Gasteiger partial charge in [-0.15, -0.1) is 0 Å². The molecule has 0 aromatic heterocycles. The van der Waals surface area contributed by atoms with Crippen LogP contribution in [0.4, 0.5) is 0 Å². The van der Waals surface area contributed by atoms with E-state index in [0.29, 0.717) is 0 Å². The molecular weight excluding hydrogens is 312 g/mol. The Morgan fingerprint density at radius 1 is 0.625 bits per heavy atom. The molecule has 0 bridgehead atoms. The molecular formula is C21H22O2Si. The van der Waals surface area contributed by atoms with Gasteiger partial charge in [0.25, 0.3) is 0 Å². The Balaban J connectivity index is 2.24. The monoisotopic (exact) mass is 334 g/mol. The average molecular weight is 334 g/mol. The highest BCUT2D eigenvalue weighted by atomic mass is 28.3. The number of hydrogen-bond acceptors (Lipinski definition) is 2. The molecule has 122 valence electrons. The maximum absolute atomic E-state index is 9.53. The summed E-state index contributed by atoms with van der Waals surface area (Å²) in [5, 5.41) is 22.9. The Labute approximate surface area is 144 Å². The molecule has 0 amide bonds. The van der Waals surface area contributed by atoms with Crippen LogP contribution in [0.3, 0.4) is 0 Å². The van der Waals surface area contributed by atoms with Gasteiger partial charge in [0.2, 0.25) is 0 Å². The van der Waals surface area contributed by atoms with Crippen molar-refractivity contribution in [2.45, 2.75) is 19.8 Å². The van der Waals surface area contributed by atoms with Crippen LogP contribution in [0, 0.1) is 0 Å². The Bertz CT molecular complexity index is 767. The summed E-state index contributed by atoms with van der Waals surface area (Å²) in [4.78, 5) is 0. The van der Waals surface area contributed by atoms with Crippen LogP contribution < -0.4 is 15.6 Å². The van der Waals surface area contributed by atoms with E-state index in [1.165, 1.54) is 15.6 Å². The molecule has 2 N–H and O–H groups in total. The van der Waals surface area contributed by atoms with E-state index in [0.717, 1.165) is 11.1 Å². The van der Waals surface area contributed by atoms with Gasteiger partial charge in [-0.2, -0.15) is 0 Å². The molecule has 3 rings (SSSR count). The van der Waals surface area contributed by atoms with Gasteiger partial charge in [-0.05, 0) is 26.7 Å². The van der Waals surface area contributed by atoms with E-state index in [4.69, 9.17) is 0 Å².